The van der Waals surface area contributed by atoms with E-state index < -0.39 is 11.7 Å². The summed E-state index contributed by atoms with van der Waals surface area (Å²) >= 11 is 11.6. The van der Waals surface area contributed by atoms with Crippen LogP contribution in [0.2, 0.25) is 10.0 Å². The molecule has 0 atom stereocenters. The van der Waals surface area contributed by atoms with Crippen LogP contribution in [0.25, 0.3) is 0 Å². The Kier molecular flexibility index (Phi) is 3.93. The van der Waals surface area contributed by atoms with Crippen LogP contribution in [0, 0.1) is 5.82 Å². The number of carbonyl (C=O) groups is 1. The summed E-state index contributed by atoms with van der Waals surface area (Å²) in [5.74, 6) is -1.59. The predicted octanol–water partition coefficient (Wildman–Crippen LogP) is 4.09. The first-order valence-corrected chi connectivity index (χ1v) is 5.97. The lowest BCUT2D eigenvalue weighted by Gasteiger charge is -2.08. The number of nitrogens with one attached hydrogen (secondary N) is 1. The number of phenolic OH excluding ortho intramolecular Hbond substituents is 1. The molecule has 2 aromatic carbocycles. The highest BCUT2D eigenvalue weighted by Crippen LogP contribution is 2.24. The van der Waals surface area contributed by atoms with Gasteiger partial charge in [-0.1, -0.05) is 23.2 Å². The zero-order chi connectivity index (χ0) is 14.0. The molecule has 0 aliphatic rings. The van der Waals surface area contributed by atoms with Crippen molar-refractivity contribution in [3.63, 3.8) is 0 Å². The van der Waals surface area contributed by atoms with Crippen molar-refractivity contribution < 1.29 is 14.3 Å². The maximum atomic E-state index is 13.0. The number of halogens is 3. The third-order valence-corrected chi connectivity index (χ3v) is 2.76. The summed E-state index contributed by atoms with van der Waals surface area (Å²) in [7, 11) is 0. The fourth-order valence-corrected chi connectivity index (χ4v) is 2.04. The van der Waals surface area contributed by atoms with Crippen LogP contribution in [0.1, 0.15) is 10.4 Å². The minimum Gasteiger partial charge on any atom is -0.507 e. The fraction of sp³-hybridized carbons (Fsp3) is 0. The lowest BCUT2D eigenvalue weighted by atomic mass is 10.1. The van der Waals surface area contributed by atoms with Crippen molar-refractivity contribution in [2.45, 2.75) is 0 Å². The molecule has 0 saturated heterocycles. The maximum absolute atomic E-state index is 13.0. The summed E-state index contributed by atoms with van der Waals surface area (Å²) < 4.78 is 13.0. The highest BCUT2D eigenvalue weighted by molar-refractivity contribution is 6.35. The number of carbonyl (C=O) groups excluding carboxylic acids is 1. The van der Waals surface area contributed by atoms with Crippen LogP contribution >= 0.6 is 23.2 Å². The summed E-state index contributed by atoms with van der Waals surface area (Å²) in [6, 6.07) is 7.59. The second kappa shape index (κ2) is 5.47. The SMILES string of the molecule is O=C(Nc1cc(Cl)cc(Cl)c1)c1cc(F)ccc1O. The molecule has 0 bridgehead atoms. The van der Waals surface area contributed by atoms with Gasteiger partial charge in [-0.05, 0) is 36.4 Å². The predicted molar refractivity (Wildman–Crippen MR) is 72.5 cm³/mol. The van der Waals surface area contributed by atoms with Crippen LogP contribution in [0.15, 0.2) is 36.4 Å². The van der Waals surface area contributed by atoms with Crippen LogP contribution in [0.5, 0.6) is 5.75 Å². The van der Waals surface area contributed by atoms with Crippen molar-refractivity contribution in [1.82, 2.24) is 0 Å². The second-order valence-electron chi connectivity index (χ2n) is 3.77. The molecule has 2 rings (SSSR count). The Morgan fingerprint density at radius 2 is 1.74 bits per heavy atom. The Bertz CT molecular complexity index is 626. The first-order valence-electron chi connectivity index (χ1n) is 5.21. The van der Waals surface area contributed by atoms with Crippen LogP contribution in [0.3, 0.4) is 0 Å². The van der Waals surface area contributed by atoms with Crippen molar-refractivity contribution in [3.05, 3.63) is 57.8 Å². The van der Waals surface area contributed by atoms with Gasteiger partial charge in [0.1, 0.15) is 11.6 Å². The monoisotopic (exact) mass is 299 g/mol. The normalized spacial score (nSPS) is 10.3. The Hall–Kier alpha value is -1.78. The Morgan fingerprint density at radius 1 is 1.11 bits per heavy atom. The molecule has 0 aliphatic carbocycles. The van der Waals surface area contributed by atoms with E-state index in [9.17, 15) is 14.3 Å². The van der Waals surface area contributed by atoms with Crippen LogP contribution in [-0.4, -0.2) is 11.0 Å². The molecule has 0 spiro atoms. The number of amides is 1. The van der Waals surface area contributed by atoms with E-state index in [4.69, 9.17) is 23.2 Å². The van der Waals surface area contributed by atoms with Gasteiger partial charge >= 0.3 is 0 Å². The van der Waals surface area contributed by atoms with Gasteiger partial charge in [0.05, 0.1) is 5.56 Å². The van der Waals surface area contributed by atoms with E-state index in [1.807, 2.05) is 0 Å². The minimum atomic E-state index is -0.657. The molecule has 0 radical (unpaired) electrons. The molecule has 0 aliphatic heterocycles. The molecule has 0 heterocycles. The van der Waals surface area contributed by atoms with Gasteiger partial charge in [0.2, 0.25) is 0 Å². The molecule has 2 aromatic rings. The van der Waals surface area contributed by atoms with Crippen LogP contribution < -0.4 is 5.32 Å². The van der Waals surface area contributed by atoms with Gasteiger partial charge in [0.25, 0.3) is 5.91 Å². The molecule has 0 fully saturated rings. The molecule has 19 heavy (non-hydrogen) atoms. The first kappa shape index (κ1) is 13.6. The summed E-state index contributed by atoms with van der Waals surface area (Å²) in [5.41, 5.74) is 0.183. The number of phenols is 1. The Morgan fingerprint density at radius 3 is 2.37 bits per heavy atom. The fourth-order valence-electron chi connectivity index (χ4n) is 1.51. The number of hydrogen-bond donors (Lipinski definition) is 2. The molecular formula is C13H8Cl2FNO2. The van der Waals surface area contributed by atoms with E-state index in [2.05, 4.69) is 5.32 Å². The van der Waals surface area contributed by atoms with E-state index in [1.165, 1.54) is 18.2 Å². The van der Waals surface area contributed by atoms with Gasteiger partial charge in [0.15, 0.2) is 0 Å². The maximum Gasteiger partial charge on any atom is 0.259 e. The topological polar surface area (TPSA) is 49.3 Å². The smallest absolute Gasteiger partial charge is 0.259 e. The minimum absolute atomic E-state index is 0.170. The van der Waals surface area contributed by atoms with Gasteiger partial charge in [-0.3, -0.25) is 4.79 Å². The summed E-state index contributed by atoms with van der Waals surface area (Å²) in [4.78, 5) is 11.9. The van der Waals surface area contributed by atoms with Crippen molar-refractivity contribution >= 4 is 34.8 Å². The highest BCUT2D eigenvalue weighted by atomic mass is 35.5. The standard InChI is InChI=1S/C13H8Cl2FNO2/c14-7-3-8(15)5-10(4-7)17-13(19)11-6-9(16)1-2-12(11)18/h1-6,18H,(H,17,19). The summed E-state index contributed by atoms with van der Waals surface area (Å²) in [6.07, 6.45) is 0. The third-order valence-electron chi connectivity index (χ3n) is 2.32. The first-order chi connectivity index (χ1) is 8.95. The van der Waals surface area contributed by atoms with Crippen LogP contribution in [-0.2, 0) is 0 Å². The van der Waals surface area contributed by atoms with Gasteiger partial charge in [-0.25, -0.2) is 4.39 Å². The van der Waals surface area contributed by atoms with E-state index in [-0.39, 0.29) is 11.3 Å². The zero-order valence-electron chi connectivity index (χ0n) is 9.45. The van der Waals surface area contributed by atoms with E-state index in [1.54, 1.807) is 0 Å². The molecule has 0 unspecified atom stereocenters. The number of anilines is 1. The van der Waals surface area contributed by atoms with Crippen molar-refractivity contribution in [3.8, 4) is 5.75 Å². The molecule has 98 valence electrons. The second-order valence-corrected chi connectivity index (χ2v) is 4.65. The number of aromatic hydroxyl groups is 1. The van der Waals surface area contributed by atoms with Gasteiger partial charge in [0, 0.05) is 15.7 Å². The number of benzene rings is 2. The summed E-state index contributed by atoms with van der Waals surface area (Å²) in [5, 5.41) is 12.7. The quantitative estimate of drug-likeness (QED) is 0.877. The highest BCUT2D eigenvalue weighted by Gasteiger charge is 2.13. The summed E-state index contributed by atoms with van der Waals surface area (Å²) in [6.45, 7) is 0. The Labute approximate surface area is 118 Å². The molecule has 1 amide bonds. The molecule has 0 aromatic heterocycles. The van der Waals surface area contributed by atoms with Gasteiger partial charge in [-0.2, -0.15) is 0 Å². The number of hydrogen-bond acceptors (Lipinski definition) is 2. The lowest BCUT2D eigenvalue weighted by Crippen LogP contribution is -2.12. The zero-order valence-corrected chi connectivity index (χ0v) is 11.0. The molecule has 6 heteroatoms. The van der Waals surface area contributed by atoms with Crippen molar-refractivity contribution in [2.24, 2.45) is 0 Å². The van der Waals surface area contributed by atoms with E-state index in [0.29, 0.717) is 15.7 Å². The lowest BCUT2D eigenvalue weighted by molar-refractivity contribution is 0.102. The average Bonchev–Trinajstić information content (AvgIpc) is 2.30. The average molecular weight is 300 g/mol. The van der Waals surface area contributed by atoms with E-state index in [0.717, 1.165) is 18.2 Å². The Balaban J connectivity index is 2.28. The largest absolute Gasteiger partial charge is 0.507 e. The molecule has 0 saturated carbocycles. The van der Waals surface area contributed by atoms with Gasteiger partial charge < -0.3 is 10.4 Å². The molecule has 2 N–H and O–H groups in total. The molecular weight excluding hydrogens is 292 g/mol. The molecule has 3 nitrogen and oxygen atoms in total. The van der Waals surface area contributed by atoms with Crippen molar-refractivity contribution in [2.75, 3.05) is 5.32 Å². The third kappa shape index (κ3) is 3.36. The van der Waals surface area contributed by atoms with Gasteiger partial charge in [-0.15, -0.1) is 0 Å². The van der Waals surface area contributed by atoms with Crippen molar-refractivity contribution in [1.29, 1.82) is 0 Å². The van der Waals surface area contributed by atoms with E-state index >= 15 is 0 Å². The van der Waals surface area contributed by atoms with Crippen LogP contribution in [0.4, 0.5) is 10.1 Å². The number of rotatable bonds is 2.